The number of benzene rings is 1. The lowest BCUT2D eigenvalue weighted by atomic mass is 10.0. The number of carbonyl (C=O) groups is 3. The van der Waals surface area contributed by atoms with E-state index in [1.807, 2.05) is 32.0 Å². The minimum absolute atomic E-state index is 0.0994. The summed E-state index contributed by atoms with van der Waals surface area (Å²) in [6, 6.07) is 5.52. The number of carboxylic acids is 1. The highest BCUT2D eigenvalue weighted by molar-refractivity contribution is 8.15. The number of carboxylic acid groups (broad SMARTS) is 1. The van der Waals surface area contributed by atoms with Crippen molar-refractivity contribution >= 4 is 28.9 Å². The molecule has 1 atom stereocenters. The van der Waals surface area contributed by atoms with Gasteiger partial charge in [0.05, 0.1) is 12.4 Å². The van der Waals surface area contributed by atoms with E-state index >= 15 is 0 Å². The molecular weight excluding hydrogens is 342 g/mol. The van der Waals surface area contributed by atoms with Gasteiger partial charge >= 0.3 is 5.97 Å². The van der Waals surface area contributed by atoms with Crippen LogP contribution < -0.4 is 4.74 Å². The van der Waals surface area contributed by atoms with Gasteiger partial charge in [0.2, 0.25) is 5.91 Å². The Morgan fingerprint density at radius 2 is 2.08 bits per heavy atom. The van der Waals surface area contributed by atoms with Crippen molar-refractivity contribution in [3.05, 3.63) is 29.3 Å². The third-order valence-electron chi connectivity index (χ3n) is 4.07. The highest BCUT2D eigenvalue weighted by Gasteiger charge is 2.40. The zero-order chi connectivity index (χ0) is 18.6. The summed E-state index contributed by atoms with van der Waals surface area (Å²) in [6.45, 7) is 3.65. The van der Waals surface area contributed by atoms with Gasteiger partial charge in [-0.1, -0.05) is 23.9 Å². The lowest BCUT2D eigenvalue weighted by Crippen LogP contribution is -2.37. The Kier molecular flexibility index (Phi) is 6.47. The maximum Gasteiger partial charge on any atom is 0.303 e. The second-order valence-corrected chi connectivity index (χ2v) is 7.43. The summed E-state index contributed by atoms with van der Waals surface area (Å²) in [5.41, 5.74) is 1.86. The molecule has 1 heterocycles. The van der Waals surface area contributed by atoms with Crippen LogP contribution in [0.15, 0.2) is 18.2 Å². The molecule has 136 valence electrons. The Bertz CT molecular complexity index is 673. The van der Waals surface area contributed by atoms with E-state index in [9.17, 15) is 14.4 Å². The van der Waals surface area contributed by atoms with Crippen molar-refractivity contribution in [1.82, 2.24) is 4.90 Å². The lowest BCUT2D eigenvalue weighted by molar-refractivity contribution is -0.137. The summed E-state index contributed by atoms with van der Waals surface area (Å²) < 4.78 is 5.33. The zero-order valence-corrected chi connectivity index (χ0v) is 15.5. The third-order valence-corrected chi connectivity index (χ3v) is 5.12. The Labute approximate surface area is 151 Å². The van der Waals surface area contributed by atoms with E-state index in [0.29, 0.717) is 25.0 Å². The third kappa shape index (κ3) is 4.75. The molecule has 0 spiro atoms. The van der Waals surface area contributed by atoms with Gasteiger partial charge in [0.25, 0.3) is 5.24 Å². The molecule has 6 nitrogen and oxygen atoms in total. The second kappa shape index (κ2) is 8.38. The predicted octanol–water partition coefficient (Wildman–Crippen LogP) is 3.12. The first-order valence-electron chi connectivity index (χ1n) is 8.24. The minimum atomic E-state index is -0.824. The van der Waals surface area contributed by atoms with Crippen LogP contribution in [0.4, 0.5) is 4.79 Å². The fraction of sp³-hybridized carbons (Fsp3) is 0.500. The number of thioether (sulfide) groups is 1. The summed E-state index contributed by atoms with van der Waals surface area (Å²) in [7, 11) is 1.57. The number of aryl methyl sites for hydroxylation is 1. The van der Waals surface area contributed by atoms with E-state index < -0.39 is 11.2 Å². The molecule has 0 saturated carbocycles. The van der Waals surface area contributed by atoms with Crippen LogP contribution in [0, 0.1) is 0 Å². The molecule has 1 aromatic rings. The van der Waals surface area contributed by atoms with Gasteiger partial charge < -0.3 is 9.84 Å². The zero-order valence-electron chi connectivity index (χ0n) is 14.7. The average molecular weight is 365 g/mol. The van der Waals surface area contributed by atoms with Gasteiger partial charge in [-0.15, -0.1) is 0 Å². The van der Waals surface area contributed by atoms with Gasteiger partial charge in [-0.25, -0.2) is 0 Å². The van der Waals surface area contributed by atoms with E-state index in [1.165, 1.54) is 4.90 Å². The van der Waals surface area contributed by atoms with Crippen molar-refractivity contribution < 1.29 is 24.2 Å². The van der Waals surface area contributed by atoms with Crippen LogP contribution in [0.25, 0.3) is 0 Å². The number of aliphatic carboxylic acids is 1. The van der Waals surface area contributed by atoms with Gasteiger partial charge in [-0.3, -0.25) is 19.3 Å². The first-order valence-corrected chi connectivity index (χ1v) is 9.12. The molecule has 0 aliphatic carbocycles. The van der Waals surface area contributed by atoms with Gasteiger partial charge in [0, 0.05) is 12.5 Å². The smallest absolute Gasteiger partial charge is 0.303 e. The van der Waals surface area contributed by atoms with Crippen LogP contribution in [0.3, 0.4) is 0 Å². The van der Waals surface area contributed by atoms with Crippen LogP contribution >= 0.6 is 11.8 Å². The van der Waals surface area contributed by atoms with Crippen LogP contribution in [-0.4, -0.2) is 45.5 Å². The van der Waals surface area contributed by atoms with Gasteiger partial charge in [-0.05, 0) is 50.3 Å². The molecule has 25 heavy (non-hydrogen) atoms. The molecule has 7 heteroatoms. The van der Waals surface area contributed by atoms with Crippen molar-refractivity contribution in [2.24, 2.45) is 0 Å². The predicted molar refractivity (Wildman–Crippen MR) is 96.0 cm³/mol. The molecule has 2 amide bonds. The quantitative estimate of drug-likeness (QED) is 0.762. The average Bonchev–Trinajstić information content (AvgIpc) is 2.81. The van der Waals surface area contributed by atoms with E-state index in [0.717, 1.165) is 22.9 Å². The van der Waals surface area contributed by atoms with E-state index in [1.54, 1.807) is 7.11 Å². The van der Waals surface area contributed by atoms with Crippen molar-refractivity contribution in [3.8, 4) is 5.75 Å². The highest BCUT2D eigenvalue weighted by Crippen LogP contribution is 2.32. The number of hydrogen-bond donors (Lipinski definition) is 1. The highest BCUT2D eigenvalue weighted by atomic mass is 32.2. The first kappa shape index (κ1) is 19.3. The number of carbonyl (C=O) groups excluding carboxylic acids is 2. The van der Waals surface area contributed by atoms with Crippen molar-refractivity contribution in [1.29, 1.82) is 0 Å². The fourth-order valence-electron chi connectivity index (χ4n) is 2.87. The second-order valence-electron chi connectivity index (χ2n) is 6.27. The molecule has 0 radical (unpaired) electrons. The Balaban J connectivity index is 2.11. The van der Waals surface area contributed by atoms with Crippen molar-refractivity contribution in [2.45, 2.75) is 50.8 Å². The standard InChI is InChI=1S/C18H23NO5S/c1-11(2)19-17(22)15(25-18(19)23)10-12-7-8-14(24-3)13(9-12)5-4-6-16(20)21/h7-9,11,15H,4-6,10H2,1-3H3,(H,20,21). The van der Waals surface area contributed by atoms with Crippen LogP contribution in [0.2, 0.25) is 0 Å². The number of methoxy groups -OCH3 is 1. The number of hydrogen-bond acceptors (Lipinski definition) is 5. The molecule has 2 rings (SSSR count). The molecule has 1 N–H and O–H groups in total. The molecule has 1 aliphatic heterocycles. The van der Waals surface area contributed by atoms with Crippen molar-refractivity contribution in [2.75, 3.05) is 7.11 Å². The van der Waals surface area contributed by atoms with Gasteiger partial charge in [-0.2, -0.15) is 0 Å². The molecule has 1 aromatic carbocycles. The summed E-state index contributed by atoms with van der Waals surface area (Å²) >= 11 is 1.07. The SMILES string of the molecule is COc1ccc(CC2SC(=O)N(C(C)C)C2=O)cc1CCCC(=O)O. The fourth-order valence-corrected chi connectivity index (χ4v) is 4.01. The van der Waals surface area contributed by atoms with Gasteiger partial charge in [0.1, 0.15) is 5.75 Å². The number of rotatable bonds is 8. The summed E-state index contributed by atoms with van der Waals surface area (Å²) in [4.78, 5) is 36.4. The topological polar surface area (TPSA) is 83.9 Å². The van der Waals surface area contributed by atoms with Gasteiger partial charge in [0.15, 0.2) is 0 Å². The largest absolute Gasteiger partial charge is 0.496 e. The minimum Gasteiger partial charge on any atom is -0.496 e. The maximum atomic E-state index is 12.4. The lowest BCUT2D eigenvalue weighted by Gasteiger charge is -2.18. The number of nitrogens with zero attached hydrogens (tertiary/aromatic N) is 1. The van der Waals surface area contributed by atoms with Crippen molar-refractivity contribution in [3.63, 3.8) is 0 Å². The molecule has 1 saturated heterocycles. The number of amides is 2. The van der Waals surface area contributed by atoms with Crippen LogP contribution in [0.1, 0.15) is 37.8 Å². The number of ether oxygens (including phenoxy) is 1. The maximum absolute atomic E-state index is 12.4. The first-order chi connectivity index (χ1) is 11.8. The summed E-state index contributed by atoms with van der Waals surface area (Å²) in [6.07, 6.45) is 1.68. The normalized spacial score (nSPS) is 17.4. The van der Waals surface area contributed by atoms with E-state index in [-0.39, 0.29) is 23.6 Å². The molecule has 0 aromatic heterocycles. The summed E-state index contributed by atoms with van der Waals surface area (Å²) in [5.74, 6) is -0.261. The Hall–Kier alpha value is -2.02. The van der Waals surface area contributed by atoms with Crippen LogP contribution in [-0.2, 0) is 22.4 Å². The van der Waals surface area contributed by atoms with Crippen LogP contribution in [0.5, 0.6) is 5.75 Å². The summed E-state index contributed by atoms with van der Waals surface area (Å²) in [5, 5.41) is 8.18. The Morgan fingerprint density at radius 3 is 2.64 bits per heavy atom. The molecule has 1 unspecified atom stereocenters. The molecule has 1 fully saturated rings. The molecule has 1 aliphatic rings. The van der Waals surface area contributed by atoms with E-state index in [4.69, 9.17) is 9.84 Å². The van der Waals surface area contributed by atoms with E-state index in [2.05, 4.69) is 0 Å². The Morgan fingerprint density at radius 1 is 1.36 bits per heavy atom. The molecule has 0 bridgehead atoms. The monoisotopic (exact) mass is 365 g/mol. The number of imide groups is 1. The molecular formula is C18H23NO5S.